The maximum Gasteiger partial charge on any atom is 0.313 e. The summed E-state index contributed by atoms with van der Waals surface area (Å²) in [7, 11) is 1.54. The highest BCUT2D eigenvalue weighted by atomic mass is 35.5. The summed E-state index contributed by atoms with van der Waals surface area (Å²) in [4.78, 5) is 29.1. The topological polar surface area (TPSA) is 122 Å². The molecule has 0 unspecified atom stereocenters. The molecule has 0 bridgehead atoms. The molecule has 0 saturated carbocycles. The SMILES string of the molecule is C#CCOc1c(C=Nn2c(-c3cc4c(OC)cccc4o3)nc3ccccc3c2=O)cc(Cl)cc1[N+](=O)[O-]. The number of terminal acetylenes is 1. The summed E-state index contributed by atoms with van der Waals surface area (Å²) in [6, 6.07) is 16.3. The molecule has 0 aliphatic heterocycles. The Bertz CT molecular complexity index is 1850. The van der Waals surface area contributed by atoms with Crippen molar-refractivity contribution < 1.29 is 18.8 Å². The second-order valence-corrected chi connectivity index (χ2v) is 8.33. The second-order valence-electron chi connectivity index (χ2n) is 7.89. The average molecular weight is 529 g/mol. The molecule has 5 aromatic rings. The van der Waals surface area contributed by atoms with Crippen LogP contribution in [-0.2, 0) is 0 Å². The van der Waals surface area contributed by atoms with E-state index >= 15 is 0 Å². The van der Waals surface area contributed by atoms with E-state index in [1.807, 2.05) is 0 Å². The van der Waals surface area contributed by atoms with Gasteiger partial charge in [-0.25, -0.2) is 4.98 Å². The number of rotatable bonds is 7. The molecule has 0 saturated heterocycles. The molecule has 0 amide bonds. The first-order valence-corrected chi connectivity index (χ1v) is 11.5. The number of fused-ring (bicyclic) bond motifs is 2. The van der Waals surface area contributed by atoms with Gasteiger partial charge in [-0.1, -0.05) is 35.7 Å². The van der Waals surface area contributed by atoms with Crippen molar-refractivity contribution in [1.29, 1.82) is 0 Å². The molecule has 2 aromatic heterocycles. The molecule has 0 aliphatic rings. The fourth-order valence-electron chi connectivity index (χ4n) is 3.94. The molecule has 11 heteroatoms. The lowest BCUT2D eigenvalue weighted by atomic mass is 10.2. The first kappa shape index (κ1) is 24.5. The predicted molar refractivity (Wildman–Crippen MR) is 143 cm³/mol. The van der Waals surface area contributed by atoms with Crippen LogP contribution in [0.5, 0.6) is 11.5 Å². The summed E-state index contributed by atoms with van der Waals surface area (Å²) < 4.78 is 17.9. The van der Waals surface area contributed by atoms with Gasteiger partial charge in [0.2, 0.25) is 11.6 Å². The summed E-state index contributed by atoms with van der Waals surface area (Å²) in [6.07, 6.45) is 6.50. The van der Waals surface area contributed by atoms with Crippen molar-refractivity contribution in [2.24, 2.45) is 5.10 Å². The normalized spacial score (nSPS) is 11.2. The predicted octanol–water partition coefficient (Wildman–Crippen LogP) is 5.27. The minimum atomic E-state index is -0.647. The zero-order valence-corrected chi connectivity index (χ0v) is 20.5. The van der Waals surface area contributed by atoms with Crippen LogP contribution in [0.15, 0.2) is 75.0 Å². The summed E-state index contributed by atoms with van der Waals surface area (Å²) in [5.41, 5.74) is 0.201. The van der Waals surface area contributed by atoms with Crippen LogP contribution in [-0.4, -0.2) is 34.5 Å². The first-order chi connectivity index (χ1) is 18.4. The molecule has 5 rings (SSSR count). The molecule has 0 atom stereocenters. The van der Waals surface area contributed by atoms with Crippen LogP contribution in [0.4, 0.5) is 5.69 Å². The molecule has 0 radical (unpaired) electrons. The zero-order chi connectivity index (χ0) is 26.8. The highest BCUT2D eigenvalue weighted by Crippen LogP contribution is 2.35. The lowest BCUT2D eigenvalue weighted by Crippen LogP contribution is -2.20. The lowest BCUT2D eigenvalue weighted by molar-refractivity contribution is -0.385. The Kier molecular flexibility index (Phi) is 6.51. The fourth-order valence-corrected chi connectivity index (χ4v) is 4.16. The molecular weight excluding hydrogens is 512 g/mol. The molecule has 0 fully saturated rings. The Morgan fingerprint density at radius 3 is 2.79 bits per heavy atom. The number of halogens is 1. The number of nitrogens with zero attached hydrogens (tertiary/aromatic N) is 4. The summed E-state index contributed by atoms with van der Waals surface area (Å²) in [5, 5.41) is 17.0. The van der Waals surface area contributed by atoms with E-state index in [1.54, 1.807) is 55.6 Å². The van der Waals surface area contributed by atoms with E-state index in [9.17, 15) is 14.9 Å². The Labute approximate surface area is 219 Å². The molecule has 0 N–H and O–H groups in total. The number of para-hydroxylation sites is 1. The van der Waals surface area contributed by atoms with Crippen molar-refractivity contribution in [3.05, 3.63) is 91.7 Å². The van der Waals surface area contributed by atoms with Gasteiger partial charge in [0.05, 0.1) is 34.5 Å². The van der Waals surface area contributed by atoms with Crippen LogP contribution in [0, 0.1) is 22.5 Å². The Balaban J connectivity index is 1.74. The lowest BCUT2D eigenvalue weighted by Gasteiger charge is -2.09. The van der Waals surface area contributed by atoms with E-state index in [4.69, 9.17) is 31.9 Å². The van der Waals surface area contributed by atoms with Crippen LogP contribution in [0.3, 0.4) is 0 Å². The molecule has 0 spiro atoms. The minimum Gasteiger partial charge on any atom is -0.496 e. The Morgan fingerprint density at radius 1 is 1.21 bits per heavy atom. The van der Waals surface area contributed by atoms with Gasteiger partial charge in [-0.15, -0.1) is 6.42 Å². The van der Waals surface area contributed by atoms with Crippen molar-refractivity contribution in [3.63, 3.8) is 0 Å². The van der Waals surface area contributed by atoms with Gasteiger partial charge < -0.3 is 13.9 Å². The van der Waals surface area contributed by atoms with E-state index in [2.05, 4.69) is 16.0 Å². The van der Waals surface area contributed by atoms with E-state index < -0.39 is 16.2 Å². The van der Waals surface area contributed by atoms with Crippen molar-refractivity contribution in [1.82, 2.24) is 9.66 Å². The monoisotopic (exact) mass is 528 g/mol. The molecule has 38 heavy (non-hydrogen) atoms. The smallest absolute Gasteiger partial charge is 0.313 e. The van der Waals surface area contributed by atoms with Crippen LogP contribution in [0.2, 0.25) is 5.02 Å². The van der Waals surface area contributed by atoms with Crippen molar-refractivity contribution >= 4 is 45.4 Å². The quantitative estimate of drug-likeness (QED) is 0.122. The largest absolute Gasteiger partial charge is 0.496 e. The van der Waals surface area contributed by atoms with Crippen molar-refractivity contribution in [2.45, 2.75) is 0 Å². The third-order valence-corrected chi connectivity index (χ3v) is 5.81. The van der Waals surface area contributed by atoms with Gasteiger partial charge >= 0.3 is 5.69 Å². The van der Waals surface area contributed by atoms with Gasteiger partial charge in [-0.2, -0.15) is 9.78 Å². The van der Waals surface area contributed by atoms with Gasteiger partial charge in [0, 0.05) is 16.7 Å². The number of hydrogen-bond donors (Lipinski definition) is 0. The molecule has 10 nitrogen and oxygen atoms in total. The number of nitro benzene ring substituents is 1. The summed E-state index contributed by atoms with van der Waals surface area (Å²) in [5.74, 6) is 3.07. The number of nitro groups is 1. The molecule has 2 heterocycles. The van der Waals surface area contributed by atoms with E-state index in [-0.39, 0.29) is 34.5 Å². The second kappa shape index (κ2) is 10.1. The van der Waals surface area contributed by atoms with Crippen molar-refractivity contribution in [3.8, 4) is 35.4 Å². The molecular formula is C27H17ClN4O6. The van der Waals surface area contributed by atoms with Gasteiger partial charge in [0.1, 0.15) is 17.9 Å². The van der Waals surface area contributed by atoms with E-state index in [1.165, 1.54) is 12.3 Å². The standard InChI is InChI=1S/C27H17ClN4O6/c1-3-11-37-25-16(12-17(28)13-21(25)32(34)35)15-29-31-26(30-20-8-5-4-7-18(20)27(31)33)24-14-19-22(36-2)9-6-10-23(19)38-24/h1,4-10,12-15H,11H2,2H3. The van der Waals surface area contributed by atoms with Gasteiger partial charge in [-0.3, -0.25) is 14.9 Å². The number of furan rings is 1. The van der Waals surface area contributed by atoms with E-state index in [0.29, 0.717) is 27.6 Å². The van der Waals surface area contributed by atoms with Crippen LogP contribution < -0.4 is 15.0 Å². The van der Waals surface area contributed by atoms with Crippen molar-refractivity contribution in [2.75, 3.05) is 13.7 Å². The van der Waals surface area contributed by atoms with Gasteiger partial charge in [-0.05, 0) is 36.4 Å². The number of ether oxygens (including phenoxy) is 2. The Morgan fingerprint density at radius 2 is 2.03 bits per heavy atom. The molecule has 188 valence electrons. The van der Waals surface area contributed by atoms with E-state index in [0.717, 1.165) is 10.7 Å². The number of hydrogen-bond acceptors (Lipinski definition) is 8. The number of methoxy groups -OCH3 is 1. The maximum absolute atomic E-state index is 13.5. The molecule has 3 aromatic carbocycles. The Hall–Kier alpha value is -5.14. The zero-order valence-electron chi connectivity index (χ0n) is 19.8. The summed E-state index contributed by atoms with van der Waals surface area (Å²) >= 11 is 6.12. The van der Waals surface area contributed by atoms with Crippen LogP contribution >= 0.6 is 11.6 Å². The number of benzene rings is 3. The van der Waals surface area contributed by atoms with Gasteiger partial charge in [0.15, 0.2) is 5.76 Å². The maximum atomic E-state index is 13.5. The fraction of sp³-hybridized carbons (Fsp3) is 0.0741. The third-order valence-electron chi connectivity index (χ3n) is 5.59. The van der Waals surface area contributed by atoms with Gasteiger partial charge in [0.25, 0.3) is 5.56 Å². The summed E-state index contributed by atoms with van der Waals surface area (Å²) in [6.45, 7) is -0.229. The van der Waals surface area contributed by atoms with Crippen LogP contribution in [0.25, 0.3) is 33.5 Å². The third kappa shape index (κ3) is 4.42. The van der Waals surface area contributed by atoms with Crippen LogP contribution in [0.1, 0.15) is 5.56 Å². The average Bonchev–Trinajstić information content (AvgIpc) is 3.36. The number of aromatic nitrogens is 2. The minimum absolute atomic E-state index is 0.0693. The highest BCUT2D eigenvalue weighted by Gasteiger charge is 2.22. The first-order valence-electron chi connectivity index (χ1n) is 11.1. The highest BCUT2D eigenvalue weighted by molar-refractivity contribution is 6.31. The molecule has 0 aliphatic carbocycles.